The van der Waals surface area contributed by atoms with E-state index in [1.54, 1.807) is 38.1 Å². The third-order valence-electron chi connectivity index (χ3n) is 5.29. The van der Waals surface area contributed by atoms with Crippen LogP contribution in [0.4, 0.5) is 18.9 Å². The van der Waals surface area contributed by atoms with Gasteiger partial charge in [-0.2, -0.15) is 13.2 Å². The summed E-state index contributed by atoms with van der Waals surface area (Å²) in [6, 6.07) is 12.1. The maximum Gasteiger partial charge on any atom is 0.422 e. The Morgan fingerprint density at radius 3 is 2.53 bits per heavy atom. The topological polar surface area (TPSA) is 74.7 Å². The number of aliphatic hydroxyl groups is 1. The van der Waals surface area contributed by atoms with Gasteiger partial charge in [-0.15, -0.1) is 0 Å². The number of ether oxygens (including phenoxy) is 1. The number of halogens is 4. The van der Waals surface area contributed by atoms with Crippen LogP contribution in [0.2, 0.25) is 5.02 Å². The Labute approximate surface area is 187 Å². The van der Waals surface area contributed by atoms with Crippen molar-refractivity contribution < 1.29 is 23.0 Å². The SMILES string of the molecule is COc1cc(C(C)(C)CC(O)(C=Nc2cccc3[nH]c(=O)ccc23)C(F)(F)F)ccc1Cl. The molecule has 5 nitrogen and oxygen atoms in total. The van der Waals surface area contributed by atoms with Gasteiger partial charge in [-0.05, 0) is 47.7 Å². The number of pyridine rings is 1. The van der Waals surface area contributed by atoms with Gasteiger partial charge in [-0.25, -0.2) is 0 Å². The molecule has 0 aliphatic rings. The molecule has 0 aliphatic heterocycles. The van der Waals surface area contributed by atoms with Crippen molar-refractivity contribution in [2.24, 2.45) is 4.99 Å². The van der Waals surface area contributed by atoms with Crippen LogP contribution in [0.5, 0.6) is 5.75 Å². The fourth-order valence-corrected chi connectivity index (χ4v) is 3.73. The van der Waals surface area contributed by atoms with E-state index in [-0.39, 0.29) is 11.2 Å². The van der Waals surface area contributed by atoms with Crippen molar-refractivity contribution in [1.82, 2.24) is 4.98 Å². The van der Waals surface area contributed by atoms with Gasteiger partial charge in [0.05, 0.1) is 23.3 Å². The number of hydrogen-bond acceptors (Lipinski definition) is 4. The van der Waals surface area contributed by atoms with Crippen LogP contribution < -0.4 is 10.3 Å². The Morgan fingerprint density at radius 2 is 1.88 bits per heavy atom. The van der Waals surface area contributed by atoms with Crippen LogP contribution in [0.3, 0.4) is 0 Å². The summed E-state index contributed by atoms with van der Waals surface area (Å²) in [5, 5.41) is 11.5. The number of aliphatic imine (C=N–C) groups is 1. The fraction of sp³-hybridized carbons (Fsp3) is 0.304. The highest BCUT2D eigenvalue weighted by Crippen LogP contribution is 2.42. The highest BCUT2D eigenvalue weighted by molar-refractivity contribution is 6.32. The van der Waals surface area contributed by atoms with Crippen LogP contribution in [-0.4, -0.2) is 35.2 Å². The highest BCUT2D eigenvalue weighted by Gasteiger charge is 2.55. The Bertz CT molecular complexity index is 1220. The molecule has 3 aromatic rings. The maximum absolute atomic E-state index is 14.0. The van der Waals surface area contributed by atoms with Crippen molar-refractivity contribution in [3.05, 3.63) is 69.5 Å². The zero-order valence-electron chi connectivity index (χ0n) is 17.6. The third kappa shape index (κ3) is 4.81. The zero-order chi connectivity index (χ0) is 23.7. The van der Waals surface area contributed by atoms with E-state index in [1.165, 1.54) is 31.4 Å². The Kier molecular flexibility index (Phi) is 6.40. The molecular weight excluding hydrogens is 445 g/mol. The molecule has 0 saturated heterocycles. The van der Waals surface area contributed by atoms with E-state index in [0.717, 1.165) is 0 Å². The van der Waals surface area contributed by atoms with Gasteiger partial charge in [0.25, 0.3) is 0 Å². The molecule has 0 amide bonds. The predicted molar refractivity (Wildman–Crippen MR) is 119 cm³/mol. The number of nitrogens with zero attached hydrogens (tertiary/aromatic N) is 1. The number of aromatic amines is 1. The smallest absolute Gasteiger partial charge is 0.422 e. The van der Waals surface area contributed by atoms with Crippen LogP contribution in [0.15, 0.2) is 58.3 Å². The van der Waals surface area contributed by atoms with Crippen molar-refractivity contribution in [2.45, 2.75) is 37.5 Å². The molecule has 0 spiro atoms. The third-order valence-corrected chi connectivity index (χ3v) is 5.61. The first-order valence-corrected chi connectivity index (χ1v) is 10.0. The summed E-state index contributed by atoms with van der Waals surface area (Å²) in [6.07, 6.45) is -5.16. The molecule has 1 aromatic heterocycles. The molecule has 0 saturated carbocycles. The number of alkyl halides is 3. The van der Waals surface area contributed by atoms with Gasteiger partial charge < -0.3 is 14.8 Å². The Morgan fingerprint density at radius 1 is 1.16 bits per heavy atom. The number of benzene rings is 2. The van der Waals surface area contributed by atoms with E-state index >= 15 is 0 Å². The molecule has 0 aliphatic carbocycles. The summed E-state index contributed by atoms with van der Waals surface area (Å²) in [6.45, 7) is 3.17. The van der Waals surface area contributed by atoms with E-state index in [4.69, 9.17) is 16.3 Å². The number of rotatable bonds is 6. The lowest BCUT2D eigenvalue weighted by atomic mass is 9.75. The van der Waals surface area contributed by atoms with E-state index in [0.29, 0.717) is 33.5 Å². The number of aromatic nitrogens is 1. The second-order valence-electron chi connectivity index (χ2n) is 8.15. The van der Waals surface area contributed by atoms with Crippen molar-refractivity contribution >= 4 is 34.4 Å². The molecule has 1 heterocycles. The summed E-state index contributed by atoms with van der Waals surface area (Å²) in [5.74, 6) is 0.325. The molecule has 2 aromatic carbocycles. The molecule has 0 fully saturated rings. The molecule has 9 heteroatoms. The summed E-state index contributed by atoms with van der Waals surface area (Å²) >= 11 is 6.03. The zero-order valence-corrected chi connectivity index (χ0v) is 18.4. The van der Waals surface area contributed by atoms with Crippen LogP contribution in [0.25, 0.3) is 10.9 Å². The number of fused-ring (bicyclic) bond motifs is 1. The lowest BCUT2D eigenvalue weighted by Gasteiger charge is -2.35. The van der Waals surface area contributed by atoms with E-state index in [2.05, 4.69) is 9.98 Å². The molecular formula is C23H22ClF3N2O3. The second-order valence-corrected chi connectivity index (χ2v) is 8.56. The van der Waals surface area contributed by atoms with Crippen LogP contribution in [-0.2, 0) is 5.41 Å². The van der Waals surface area contributed by atoms with Gasteiger partial charge in [-0.3, -0.25) is 9.79 Å². The van der Waals surface area contributed by atoms with E-state index in [9.17, 15) is 23.1 Å². The van der Waals surface area contributed by atoms with E-state index < -0.39 is 23.6 Å². The monoisotopic (exact) mass is 466 g/mol. The maximum atomic E-state index is 14.0. The van der Waals surface area contributed by atoms with Crippen LogP contribution in [0.1, 0.15) is 25.8 Å². The number of methoxy groups -OCH3 is 1. The van der Waals surface area contributed by atoms with Crippen LogP contribution >= 0.6 is 11.6 Å². The average Bonchev–Trinajstić information content (AvgIpc) is 2.71. The standard InChI is InChI=1S/C23H22ClF3N2O3/c1-21(2,14-7-9-16(24)19(11-14)32-3)12-22(31,23(25,26)27)13-28-17-5-4-6-18-15(17)8-10-20(30)29-18/h4-11,13,31H,12H2,1-3H3,(H,29,30). The number of H-pyrrole nitrogens is 1. The molecule has 1 atom stereocenters. The van der Waals surface area contributed by atoms with Crippen molar-refractivity contribution in [2.75, 3.05) is 7.11 Å². The first-order valence-electron chi connectivity index (χ1n) is 9.67. The highest BCUT2D eigenvalue weighted by atomic mass is 35.5. The lowest BCUT2D eigenvalue weighted by Crippen LogP contribution is -2.50. The number of nitrogens with one attached hydrogen (secondary N) is 1. The predicted octanol–water partition coefficient (Wildman–Crippen LogP) is 5.55. The van der Waals surface area contributed by atoms with Gasteiger partial charge in [-0.1, -0.05) is 37.6 Å². The minimum atomic E-state index is -4.98. The van der Waals surface area contributed by atoms with Gasteiger partial charge in [0.15, 0.2) is 5.60 Å². The second kappa shape index (κ2) is 8.60. The van der Waals surface area contributed by atoms with Gasteiger partial charge in [0.1, 0.15) is 5.75 Å². The largest absolute Gasteiger partial charge is 0.495 e. The van der Waals surface area contributed by atoms with Crippen molar-refractivity contribution in [3.8, 4) is 5.75 Å². The summed E-state index contributed by atoms with van der Waals surface area (Å²) in [5.41, 5.74) is -3.54. The molecule has 0 radical (unpaired) electrons. The first kappa shape index (κ1) is 23.8. The lowest BCUT2D eigenvalue weighted by molar-refractivity contribution is -0.234. The summed E-state index contributed by atoms with van der Waals surface area (Å²) in [4.78, 5) is 18.1. The first-order chi connectivity index (χ1) is 14.9. The van der Waals surface area contributed by atoms with Gasteiger partial charge >= 0.3 is 6.18 Å². The normalized spacial score (nSPS) is 14.6. The summed E-state index contributed by atoms with van der Waals surface area (Å²) in [7, 11) is 1.41. The van der Waals surface area contributed by atoms with Gasteiger partial charge in [0, 0.05) is 17.7 Å². The molecule has 1 unspecified atom stereocenters. The molecule has 3 rings (SSSR count). The van der Waals surface area contributed by atoms with Crippen LogP contribution in [0, 0.1) is 0 Å². The summed E-state index contributed by atoms with van der Waals surface area (Å²) < 4.78 is 47.1. The fourth-order valence-electron chi connectivity index (χ4n) is 3.54. The average molecular weight is 467 g/mol. The molecule has 32 heavy (non-hydrogen) atoms. The van der Waals surface area contributed by atoms with Gasteiger partial charge in [0.2, 0.25) is 5.56 Å². The van der Waals surface area contributed by atoms with Crippen molar-refractivity contribution in [3.63, 3.8) is 0 Å². The van der Waals surface area contributed by atoms with Crippen molar-refractivity contribution in [1.29, 1.82) is 0 Å². The minimum Gasteiger partial charge on any atom is -0.495 e. The number of hydrogen-bond donors (Lipinski definition) is 2. The minimum absolute atomic E-state index is 0.187. The quantitative estimate of drug-likeness (QED) is 0.467. The Hall–Kier alpha value is -2.84. The molecule has 0 bridgehead atoms. The van der Waals surface area contributed by atoms with E-state index in [1.807, 2.05) is 0 Å². The molecule has 2 N–H and O–H groups in total. The molecule has 170 valence electrons. The Balaban J connectivity index is 2.01.